The molecule has 0 atom stereocenters. The van der Waals surface area contributed by atoms with Gasteiger partial charge in [-0.1, -0.05) is 72.8 Å². The molecule has 0 heteroatoms. The summed E-state index contributed by atoms with van der Waals surface area (Å²) in [5.74, 6) is 0. The van der Waals surface area contributed by atoms with Crippen molar-refractivity contribution in [3.63, 3.8) is 0 Å². The molecule has 0 aromatic heterocycles. The predicted molar refractivity (Wildman–Crippen MR) is 112 cm³/mol. The van der Waals surface area contributed by atoms with Crippen LogP contribution in [0.3, 0.4) is 0 Å². The Morgan fingerprint density at radius 1 is 0.654 bits per heavy atom. The van der Waals surface area contributed by atoms with Crippen LogP contribution in [0.1, 0.15) is 11.1 Å². The van der Waals surface area contributed by atoms with E-state index in [9.17, 15) is 0 Å². The Bertz CT molecular complexity index is 1020. The molecule has 0 saturated carbocycles. The predicted octanol–water partition coefficient (Wildman–Crippen LogP) is 6.72. The molecule has 0 amide bonds. The highest BCUT2D eigenvalue weighted by molar-refractivity contribution is 6.05. The zero-order chi connectivity index (χ0) is 17.9. The molecule has 0 aliphatic carbocycles. The monoisotopic (exact) mass is 332 g/mol. The SMILES string of the molecule is C=CCc1ccc2c(-c3[c]ccc4cc(CC=C)ccc34)[c]ccc2c1. The molecule has 124 valence electrons. The van der Waals surface area contributed by atoms with Gasteiger partial charge in [-0.05, 0) is 68.8 Å². The van der Waals surface area contributed by atoms with Crippen molar-refractivity contribution in [2.24, 2.45) is 0 Å². The van der Waals surface area contributed by atoms with E-state index >= 15 is 0 Å². The van der Waals surface area contributed by atoms with Crippen LogP contribution in [-0.4, -0.2) is 0 Å². The van der Waals surface area contributed by atoms with Crippen molar-refractivity contribution in [1.82, 2.24) is 0 Å². The molecule has 0 heterocycles. The molecule has 4 aromatic rings. The molecule has 0 bridgehead atoms. The molecule has 0 unspecified atom stereocenters. The molecule has 0 aliphatic rings. The van der Waals surface area contributed by atoms with Gasteiger partial charge in [0, 0.05) is 0 Å². The molecule has 0 aliphatic heterocycles. The van der Waals surface area contributed by atoms with Crippen LogP contribution in [0.5, 0.6) is 0 Å². The van der Waals surface area contributed by atoms with Gasteiger partial charge in [-0.25, -0.2) is 0 Å². The van der Waals surface area contributed by atoms with Gasteiger partial charge in [0.2, 0.25) is 0 Å². The molecular formula is C26H20. The van der Waals surface area contributed by atoms with E-state index in [1.165, 1.54) is 32.7 Å². The van der Waals surface area contributed by atoms with E-state index in [4.69, 9.17) is 0 Å². The summed E-state index contributed by atoms with van der Waals surface area (Å²) in [4.78, 5) is 0. The van der Waals surface area contributed by atoms with E-state index in [2.05, 4.69) is 73.8 Å². The Balaban J connectivity index is 1.92. The Hall–Kier alpha value is -3.12. The average molecular weight is 332 g/mol. The number of rotatable bonds is 5. The molecule has 0 saturated heterocycles. The van der Waals surface area contributed by atoms with E-state index in [-0.39, 0.29) is 0 Å². The van der Waals surface area contributed by atoms with Crippen LogP contribution in [-0.2, 0) is 12.8 Å². The lowest BCUT2D eigenvalue weighted by molar-refractivity contribution is 1.29. The van der Waals surface area contributed by atoms with Crippen LogP contribution in [0.25, 0.3) is 32.7 Å². The molecular weight excluding hydrogens is 312 g/mol. The highest BCUT2D eigenvalue weighted by Gasteiger charge is 2.09. The van der Waals surface area contributed by atoms with Gasteiger partial charge in [-0.2, -0.15) is 0 Å². The van der Waals surface area contributed by atoms with E-state index in [1.807, 2.05) is 24.3 Å². The summed E-state index contributed by atoms with van der Waals surface area (Å²) in [7, 11) is 0. The van der Waals surface area contributed by atoms with Crippen molar-refractivity contribution >= 4 is 21.5 Å². The smallest absolute Gasteiger partial charge is 0.00141 e. The van der Waals surface area contributed by atoms with Crippen LogP contribution in [0.4, 0.5) is 0 Å². The molecule has 2 radical (unpaired) electrons. The highest BCUT2D eigenvalue weighted by Crippen LogP contribution is 2.34. The molecule has 4 rings (SSSR count). The van der Waals surface area contributed by atoms with Gasteiger partial charge >= 0.3 is 0 Å². The highest BCUT2D eigenvalue weighted by atomic mass is 14.1. The first-order valence-electron chi connectivity index (χ1n) is 8.89. The van der Waals surface area contributed by atoms with E-state index in [0.717, 1.165) is 24.0 Å². The van der Waals surface area contributed by atoms with Gasteiger partial charge in [0.25, 0.3) is 0 Å². The fourth-order valence-corrected chi connectivity index (χ4v) is 3.54. The second kappa shape index (κ2) is 7.01. The molecule has 0 spiro atoms. The summed E-state index contributed by atoms with van der Waals surface area (Å²) in [6.07, 6.45) is 5.65. The standard InChI is InChI=1S/C26H20/c1-3-7-19-13-15-23-21(17-19)9-5-11-25(23)26-12-6-10-22-18-20(8-4-2)14-16-24(22)26/h3-6,9-10,13-18H,1-2,7-8H2. The van der Waals surface area contributed by atoms with E-state index in [0.29, 0.717) is 0 Å². The Morgan fingerprint density at radius 2 is 1.12 bits per heavy atom. The maximum Gasteiger partial charge on any atom is -0.00141 e. The fourth-order valence-electron chi connectivity index (χ4n) is 3.54. The minimum Gasteiger partial charge on any atom is -0.103 e. The first-order valence-corrected chi connectivity index (χ1v) is 8.89. The van der Waals surface area contributed by atoms with Crippen molar-refractivity contribution in [1.29, 1.82) is 0 Å². The Kier molecular flexibility index (Phi) is 4.41. The first kappa shape index (κ1) is 16.4. The van der Waals surface area contributed by atoms with Gasteiger partial charge in [-0.3, -0.25) is 0 Å². The summed E-state index contributed by atoms with van der Waals surface area (Å²) in [5, 5.41) is 4.87. The largest absolute Gasteiger partial charge is 0.103 e. The van der Waals surface area contributed by atoms with Gasteiger partial charge < -0.3 is 0 Å². The van der Waals surface area contributed by atoms with Gasteiger partial charge in [0.15, 0.2) is 0 Å². The minimum atomic E-state index is 0.885. The zero-order valence-corrected chi connectivity index (χ0v) is 14.8. The Morgan fingerprint density at radius 3 is 1.54 bits per heavy atom. The lowest BCUT2D eigenvalue weighted by atomic mass is 9.92. The maximum atomic E-state index is 3.84. The second-order valence-corrected chi connectivity index (χ2v) is 6.53. The van der Waals surface area contributed by atoms with Gasteiger partial charge in [-0.15, -0.1) is 13.2 Å². The van der Waals surface area contributed by atoms with Crippen molar-refractivity contribution in [2.75, 3.05) is 0 Å². The van der Waals surface area contributed by atoms with Crippen LogP contribution < -0.4 is 0 Å². The molecule has 0 N–H and O–H groups in total. The van der Waals surface area contributed by atoms with Crippen molar-refractivity contribution < 1.29 is 0 Å². The average Bonchev–Trinajstić information content (AvgIpc) is 2.67. The molecule has 0 nitrogen and oxygen atoms in total. The maximum absolute atomic E-state index is 3.84. The molecule has 26 heavy (non-hydrogen) atoms. The lowest BCUT2D eigenvalue weighted by Crippen LogP contribution is -1.88. The third kappa shape index (κ3) is 2.95. The van der Waals surface area contributed by atoms with Gasteiger partial charge in [0.1, 0.15) is 0 Å². The summed E-state index contributed by atoms with van der Waals surface area (Å²) in [6, 6.07) is 28.4. The normalized spacial score (nSPS) is 10.9. The number of hydrogen-bond donors (Lipinski definition) is 0. The van der Waals surface area contributed by atoms with E-state index in [1.54, 1.807) is 0 Å². The number of allylic oxidation sites excluding steroid dienone is 2. The van der Waals surface area contributed by atoms with E-state index < -0.39 is 0 Å². The number of hydrogen-bond acceptors (Lipinski definition) is 0. The topological polar surface area (TPSA) is 0 Å². The third-order valence-electron chi connectivity index (χ3n) is 4.76. The second-order valence-electron chi connectivity index (χ2n) is 6.53. The van der Waals surface area contributed by atoms with Crippen molar-refractivity contribution in [3.05, 3.63) is 109 Å². The third-order valence-corrected chi connectivity index (χ3v) is 4.76. The summed E-state index contributed by atoms with van der Waals surface area (Å²) in [5.41, 5.74) is 4.77. The van der Waals surface area contributed by atoms with Crippen LogP contribution >= 0.6 is 0 Å². The summed E-state index contributed by atoms with van der Waals surface area (Å²) >= 11 is 0. The summed E-state index contributed by atoms with van der Waals surface area (Å²) < 4.78 is 0. The quantitative estimate of drug-likeness (QED) is 0.356. The molecule has 4 aromatic carbocycles. The first-order chi connectivity index (χ1) is 12.8. The fraction of sp³-hybridized carbons (Fsp3) is 0.0769. The van der Waals surface area contributed by atoms with Crippen LogP contribution in [0.2, 0.25) is 0 Å². The van der Waals surface area contributed by atoms with Crippen molar-refractivity contribution in [3.8, 4) is 11.1 Å². The lowest BCUT2D eigenvalue weighted by Gasteiger charge is -2.11. The number of benzene rings is 4. The summed E-state index contributed by atoms with van der Waals surface area (Å²) in [6.45, 7) is 7.68. The van der Waals surface area contributed by atoms with Crippen LogP contribution in [0, 0.1) is 12.1 Å². The van der Waals surface area contributed by atoms with Gasteiger partial charge in [0.05, 0.1) is 0 Å². The van der Waals surface area contributed by atoms with Crippen LogP contribution in [0.15, 0.2) is 86.0 Å². The van der Waals surface area contributed by atoms with Crippen molar-refractivity contribution in [2.45, 2.75) is 12.8 Å². The minimum absolute atomic E-state index is 0.885. The Labute approximate surface area is 155 Å². The number of fused-ring (bicyclic) bond motifs is 2. The zero-order valence-electron chi connectivity index (χ0n) is 14.8. The molecule has 0 fully saturated rings.